The first-order valence-electron chi connectivity index (χ1n) is 5.84. The summed E-state index contributed by atoms with van der Waals surface area (Å²) in [5, 5.41) is 8.00. The largest absolute Gasteiger partial charge is 0.392 e. The van der Waals surface area contributed by atoms with E-state index in [9.17, 15) is 0 Å². The highest BCUT2D eigenvalue weighted by molar-refractivity contribution is 7.80. The van der Waals surface area contributed by atoms with Crippen molar-refractivity contribution in [3.8, 4) is 0 Å². The summed E-state index contributed by atoms with van der Waals surface area (Å²) in [6.45, 7) is 7.53. The predicted octanol–water partition coefficient (Wildman–Crippen LogP) is -0.294. The predicted molar refractivity (Wildman–Crippen MR) is 71.1 cm³/mol. The molecule has 1 fully saturated rings. The first-order chi connectivity index (χ1) is 8.20. The van der Waals surface area contributed by atoms with Gasteiger partial charge in [-0.2, -0.15) is 0 Å². The standard InChI is InChI=1S/C10H18N6S/c1-2-16-10(7-12-13-16)15-5-3-14(4-6-15)8-9(11)17/h7H,2-6,8H2,1H3,(H2,11,17). The lowest BCUT2D eigenvalue weighted by atomic mass is 10.3. The summed E-state index contributed by atoms with van der Waals surface area (Å²) >= 11 is 4.92. The summed E-state index contributed by atoms with van der Waals surface area (Å²) in [4.78, 5) is 5.15. The number of rotatable bonds is 4. The van der Waals surface area contributed by atoms with Crippen molar-refractivity contribution in [2.45, 2.75) is 13.5 Å². The number of nitrogens with zero attached hydrogens (tertiary/aromatic N) is 5. The molecule has 1 aromatic rings. The van der Waals surface area contributed by atoms with Gasteiger partial charge in [0.25, 0.3) is 0 Å². The van der Waals surface area contributed by atoms with Crippen LogP contribution in [0.1, 0.15) is 6.92 Å². The van der Waals surface area contributed by atoms with E-state index in [1.807, 2.05) is 10.9 Å². The average Bonchev–Trinajstić information content (AvgIpc) is 2.77. The van der Waals surface area contributed by atoms with E-state index < -0.39 is 0 Å². The van der Waals surface area contributed by atoms with E-state index in [1.165, 1.54) is 0 Å². The van der Waals surface area contributed by atoms with Crippen molar-refractivity contribution in [2.75, 3.05) is 37.6 Å². The van der Waals surface area contributed by atoms with Gasteiger partial charge in [0.05, 0.1) is 11.2 Å². The third-order valence-corrected chi connectivity index (χ3v) is 3.10. The Hall–Kier alpha value is -1.21. The van der Waals surface area contributed by atoms with E-state index >= 15 is 0 Å². The van der Waals surface area contributed by atoms with Gasteiger partial charge in [-0.3, -0.25) is 4.90 Å². The molecule has 0 aliphatic carbocycles. The van der Waals surface area contributed by atoms with Crippen LogP contribution in [-0.2, 0) is 6.54 Å². The molecule has 0 unspecified atom stereocenters. The van der Waals surface area contributed by atoms with Gasteiger partial charge in [-0.05, 0) is 6.92 Å². The van der Waals surface area contributed by atoms with Gasteiger partial charge in [0.2, 0.25) is 0 Å². The van der Waals surface area contributed by atoms with E-state index in [-0.39, 0.29) is 0 Å². The summed E-state index contributed by atoms with van der Waals surface area (Å²) in [6, 6.07) is 0. The van der Waals surface area contributed by atoms with Crippen molar-refractivity contribution in [3.63, 3.8) is 0 Å². The normalized spacial score (nSPS) is 17.4. The molecule has 0 saturated carbocycles. The number of anilines is 1. The van der Waals surface area contributed by atoms with E-state index in [1.54, 1.807) is 0 Å². The Morgan fingerprint density at radius 3 is 2.71 bits per heavy atom. The third-order valence-electron chi connectivity index (χ3n) is 2.97. The topological polar surface area (TPSA) is 63.2 Å². The number of thiocarbonyl (C=S) groups is 1. The molecule has 0 spiro atoms. The third kappa shape index (κ3) is 2.92. The fraction of sp³-hybridized carbons (Fsp3) is 0.700. The molecule has 1 aliphatic rings. The Morgan fingerprint density at radius 2 is 2.12 bits per heavy atom. The molecule has 7 heteroatoms. The molecule has 1 saturated heterocycles. The summed E-state index contributed by atoms with van der Waals surface area (Å²) in [7, 11) is 0. The van der Waals surface area contributed by atoms with Crippen LogP contribution in [-0.4, -0.2) is 57.6 Å². The molecule has 0 amide bonds. The second kappa shape index (κ2) is 5.42. The summed E-state index contributed by atoms with van der Waals surface area (Å²) in [5.41, 5.74) is 5.55. The van der Waals surface area contributed by atoms with Crippen LogP contribution in [0.25, 0.3) is 0 Å². The smallest absolute Gasteiger partial charge is 0.147 e. The Bertz CT molecular complexity index is 382. The van der Waals surface area contributed by atoms with Gasteiger partial charge in [-0.1, -0.05) is 17.4 Å². The molecular formula is C10H18N6S. The maximum atomic E-state index is 5.55. The first-order valence-corrected chi connectivity index (χ1v) is 6.25. The zero-order valence-electron chi connectivity index (χ0n) is 10.0. The van der Waals surface area contributed by atoms with Crippen molar-refractivity contribution < 1.29 is 0 Å². The molecule has 17 heavy (non-hydrogen) atoms. The summed E-state index contributed by atoms with van der Waals surface area (Å²) < 4.78 is 1.92. The van der Waals surface area contributed by atoms with Crippen molar-refractivity contribution in [2.24, 2.45) is 5.73 Å². The molecule has 94 valence electrons. The molecule has 0 bridgehead atoms. The lowest BCUT2D eigenvalue weighted by molar-refractivity contribution is 0.290. The number of hydrogen-bond donors (Lipinski definition) is 1. The number of aryl methyl sites for hydroxylation is 1. The molecule has 0 radical (unpaired) electrons. The van der Waals surface area contributed by atoms with Crippen LogP contribution < -0.4 is 10.6 Å². The molecule has 6 nitrogen and oxygen atoms in total. The molecule has 1 aromatic heterocycles. The van der Waals surface area contributed by atoms with Crippen molar-refractivity contribution in [1.82, 2.24) is 19.9 Å². The van der Waals surface area contributed by atoms with Crippen LogP contribution in [0.15, 0.2) is 6.20 Å². The van der Waals surface area contributed by atoms with Gasteiger partial charge in [-0.25, -0.2) is 4.68 Å². The second-order valence-corrected chi connectivity index (χ2v) is 4.66. The fourth-order valence-corrected chi connectivity index (χ4v) is 2.26. The second-order valence-electron chi connectivity index (χ2n) is 4.14. The van der Waals surface area contributed by atoms with E-state index in [0.29, 0.717) is 11.5 Å². The van der Waals surface area contributed by atoms with Gasteiger partial charge in [-0.15, -0.1) is 5.10 Å². The zero-order chi connectivity index (χ0) is 12.3. The lowest BCUT2D eigenvalue weighted by Gasteiger charge is -2.35. The molecule has 2 heterocycles. The SMILES string of the molecule is CCn1nncc1N1CCN(CC(N)=S)CC1. The van der Waals surface area contributed by atoms with Gasteiger partial charge in [0, 0.05) is 39.3 Å². The van der Waals surface area contributed by atoms with Crippen LogP contribution in [0, 0.1) is 0 Å². The highest BCUT2D eigenvalue weighted by Gasteiger charge is 2.19. The van der Waals surface area contributed by atoms with Crippen molar-refractivity contribution in [1.29, 1.82) is 0 Å². The Kier molecular flexibility index (Phi) is 3.90. The van der Waals surface area contributed by atoms with Crippen LogP contribution in [0.5, 0.6) is 0 Å². The highest BCUT2D eigenvalue weighted by atomic mass is 32.1. The van der Waals surface area contributed by atoms with Gasteiger partial charge in [0.15, 0.2) is 0 Å². The number of hydrogen-bond acceptors (Lipinski definition) is 5. The zero-order valence-corrected chi connectivity index (χ0v) is 10.9. The molecule has 0 atom stereocenters. The minimum atomic E-state index is 0.568. The first kappa shape index (κ1) is 12.3. The Labute approximate surface area is 106 Å². The summed E-state index contributed by atoms with van der Waals surface area (Å²) in [5.74, 6) is 1.10. The summed E-state index contributed by atoms with van der Waals surface area (Å²) in [6.07, 6.45) is 1.83. The fourth-order valence-electron chi connectivity index (χ4n) is 2.08. The molecule has 0 aromatic carbocycles. The quantitative estimate of drug-likeness (QED) is 0.745. The number of nitrogens with two attached hydrogens (primary N) is 1. The molecule has 2 N–H and O–H groups in total. The van der Waals surface area contributed by atoms with Crippen molar-refractivity contribution >= 4 is 23.0 Å². The molecular weight excluding hydrogens is 236 g/mol. The van der Waals surface area contributed by atoms with Crippen LogP contribution >= 0.6 is 12.2 Å². The van der Waals surface area contributed by atoms with Gasteiger partial charge in [0.1, 0.15) is 5.82 Å². The van der Waals surface area contributed by atoms with E-state index in [0.717, 1.165) is 38.5 Å². The number of aromatic nitrogens is 3. The minimum absolute atomic E-state index is 0.568. The van der Waals surface area contributed by atoms with Crippen LogP contribution in [0.3, 0.4) is 0 Å². The van der Waals surface area contributed by atoms with E-state index in [2.05, 4.69) is 27.0 Å². The Balaban J connectivity index is 1.93. The van der Waals surface area contributed by atoms with Gasteiger partial charge < -0.3 is 10.6 Å². The Morgan fingerprint density at radius 1 is 1.41 bits per heavy atom. The molecule has 1 aliphatic heterocycles. The maximum absolute atomic E-state index is 5.55. The number of piperazine rings is 1. The highest BCUT2D eigenvalue weighted by Crippen LogP contribution is 2.14. The average molecular weight is 254 g/mol. The minimum Gasteiger partial charge on any atom is -0.392 e. The maximum Gasteiger partial charge on any atom is 0.147 e. The van der Waals surface area contributed by atoms with Gasteiger partial charge >= 0.3 is 0 Å². The molecule has 2 rings (SSSR count). The monoisotopic (exact) mass is 254 g/mol. The van der Waals surface area contributed by atoms with Crippen LogP contribution in [0.2, 0.25) is 0 Å². The van der Waals surface area contributed by atoms with E-state index in [4.69, 9.17) is 18.0 Å². The van der Waals surface area contributed by atoms with Crippen LogP contribution in [0.4, 0.5) is 5.82 Å². The van der Waals surface area contributed by atoms with Crippen molar-refractivity contribution in [3.05, 3.63) is 6.20 Å². The lowest BCUT2D eigenvalue weighted by Crippen LogP contribution is -2.49.